The summed E-state index contributed by atoms with van der Waals surface area (Å²) in [6.45, 7) is 6.07. The largest absolute Gasteiger partial charge is 0.497 e. The van der Waals surface area contributed by atoms with Crippen molar-refractivity contribution < 1.29 is 19.1 Å². The molecule has 1 unspecified atom stereocenters. The van der Waals surface area contributed by atoms with Gasteiger partial charge in [0.2, 0.25) is 5.91 Å². The number of carbonyl (C=O) groups excluding carboxylic acids is 2. The van der Waals surface area contributed by atoms with Crippen LogP contribution >= 0.6 is 0 Å². The van der Waals surface area contributed by atoms with Gasteiger partial charge >= 0.3 is 0 Å². The fourth-order valence-corrected chi connectivity index (χ4v) is 4.20. The number of amides is 2. The van der Waals surface area contributed by atoms with Crippen molar-refractivity contribution in [2.75, 3.05) is 59.5 Å². The van der Waals surface area contributed by atoms with E-state index in [-0.39, 0.29) is 17.9 Å². The predicted molar refractivity (Wildman–Crippen MR) is 109 cm³/mol. The lowest BCUT2D eigenvalue weighted by atomic mass is 10.2. The maximum atomic E-state index is 12.9. The highest BCUT2D eigenvalue weighted by Gasteiger charge is 2.36. The predicted octanol–water partition coefficient (Wildman–Crippen LogP) is 1.48. The molecule has 2 heterocycles. The highest BCUT2D eigenvalue weighted by Crippen LogP contribution is 2.31. The van der Waals surface area contributed by atoms with Gasteiger partial charge in [-0.1, -0.05) is 6.07 Å². The summed E-state index contributed by atoms with van der Waals surface area (Å²) in [6, 6.07) is 7.34. The number of rotatable bonds is 5. The summed E-state index contributed by atoms with van der Waals surface area (Å²) in [7, 11) is 1.61. The Morgan fingerprint density at radius 2 is 1.97 bits per heavy atom. The lowest BCUT2D eigenvalue weighted by Crippen LogP contribution is -2.50. The minimum atomic E-state index is 0.0564. The van der Waals surface area contributed by atoms with E-state index in [0.717, 1.165) is 45.4 Å². The minimum absolute atomic E-state index is 0.0564. The Morgan fingerprint density at radius 1 is 1.10 bits per heavy atom. The number of hydrogen-bond donors (Lipinski definition) is 0. The molecule has 0 N–H and O–H groups in total. The van der Waals surface area contributed by atoms with E-state index in [9.17, 15) is 9.59 Å². The lowest BCUT2D eigenvalue weighted by Gasteiger charge is -2.35. The van der Waals surface area contributed by atoms with Crippen LogP contribution < -0.4 is 4.74 Å². The molecule has 7 nitrogen and oxygen atoms in total. The SMILES string of the molecule is COc1cccc(C(=O)N2CCCN(CC3CN(C(=O)C4CC4)CCO3)CC2)c1. The van der Waals surface area contributed by atoms with E-state index in [0.29, 0.717) is 43.5 Å². The van der Waals surface area contributed by atoms with Gasteiger partial charge in [-0.3, -0.25) is 14.5 Å². The van der Waals surface area contributed by atoms with Gasteiger partial charge in [-0.25, -0.2) is 0 Å². The van der Waals surface area contributed by atoms with Crippen LogP contribution in [0.15, 0.2) is 24.3 Å². The number of benzene rings is 1. The van der Waals surface area contributed by atoms with Crippen molar-refractivity contribution in [2.45, 2.75) is 25.4 Å². The van der Waals surface area contributed by atoms with E-state index in [1.54, 1.807) is 13.2 Å². The molecule has 0 bridgehead atoms. The van der Waals surface area contributed by atoms with Crippen molar-refractivity contribution in [1.82, 2.24) is 14.7 Å². The van der Waals surface area contributed by atoms with Crippen LogP contribution in [0.4, 0.5) is 0 Å². The van der Waals surface area contributed by atoms with Gasteiger partial charge in [0.25, 0.3) is 5.91 Å². The van der Waals surface area contributed by atoms with Crippen molar-refractivity contribution in [3.8, 4) is 5.75 Å². The molecule has 0 spiro atoms. The van der Waals surface area contributed by atoms with E-state index in [2.05, 4.69) is 4.90 Å². The molecule has 158 valence electrons. The molecule has 1 saturated carbocycles. The summed E-state index contributed by atoms with van der Waals surface area (Å²) in [5.41, 5.74) is 0.669. The average Bonchev–Trinajstić information content (AvgIpc) is 3.61. The molecule has 1 atom stereocenters. The molecule has 2 aliphatic heterocycles. The molecule has 3 aliphatic rings. The van der Waals surface area contributed by atoms with Gasteiger partial charge in [0.1, 0.15) is 5.75 Å². The fourth-order valence-electron chi connectivity index (χ4n) is 4.20. The summed E-state index contributed by atoms with van der Waals surface area (Å²) < 4.78 is 11.2. The van der Waals surface area contributed by atoms with Crippen LogP contribution in [-0.4, -0.2) is 92.1 Å². The molecule has 7 heteroatoms. The van der Waals surface area contributed by atoms with Gasteiger partial charge in [0, 0.05) is 50.7 Å². The highest BCUT2D eigenvalue weighted by molar-refractivity contribution is 5.94. The Kier molecular flexibility index (Phi) is 6.35. The molecule has 2 saturated heterocycles. The van der Waals surface area contributed by atoms with Gasteiger partial charge in [0.05, 0.1) is 19.8 Å². The highest BCUT2D eigenvalue weighted by atomic mass is 16.5. The molecule has 1 aliphatic carbocycles. The number of ether oxygens (including phenoxy) is 2. The van der Waals surface area contributed by atoms with Crippen molar-refractivity contribution in [1.29, 1.82) is 0 Å². The topological polar surface area (TPSA) is 62.3 Å². The van der Waals surface area contributed by atoms with Crippen molar-refractivity contribution in [2.24, 2.45) is 5.92 Å². The first-order valence-corrected chi connectivity index (χ1v) is 10.7. The molecule has 2 amide bonds. The Balaban J connectivity index is 1.29. The second-order valence-electron chi connectivity index (χ2n) is 8.23. The van der Waals surface area contributed by atoms with Crippen LogP contribution in [0.3, 0.4) is 0 Å². The lowest BCUT2D eigenvalue weighted by molar-refractivity contribution is -0.140. The second-order valence-corrected chi connectivity index (χ2v) is 8.23. The van der Waals surface area contributed by atoms with Crippen molar-refractivity contribution >= 4 is 11.8 Å². The Hall–Kier alpha value is -2.12. The van der Waals surface area contributed by atoms with Gasteiger partial charge in [-0.05, 0) is 44.0 Å². The third-order valence-corrected chi connectivity index (χ3v) is 6.03. The van der Waals surface area contributed by atoms with Crippen LogP contribution in [0.5, 0.6) is 5.75 Å². The third kappa shape index (κ3) is 5.08. The minimum Gasteiger partial charge on any atom is -0.497 e. The molecule has 29 heavy (non-hydrogen) atoms. The summed E-state index contributed by atoms with van der Waals surface area (Å²) in [5, 5.41) is 0. The maximum Gasteiger partial charge on any atom is 0.254 e. The van der Waals surface area contributed by atoms with E-state index in [4.69, 9.17) is 9.47 Å². The fraction of sp³-hybridized carbons (Fsp3) is 0.636. The summed E-state index contributed by atoms with van der Waals surface area (Å²) in [4.78, 5) is 31.5. The standard InChI is InChI=1S/C22H31N3O4/c1-28-19-5-2-4-18(14-19)22(27)24-9-3-8-23(10-11-24)15-20-16-25(12-13-29-20)21(26)17-6-7-17/h2,4-5,14,17,20H,3,6-13,15-16H2,1H3. The quantitative estimate of drug-likeness (QED) is 0.748. The number of methoxy groups -OCH3 is 1. The smallest absolute Gasteiger partial charge is 0.254 e. The molecule has 4 rings (SSSR count). The van der Waals surface area contributed by atoms with Crippen LogP contribution in [0.2, 0.25) is 0 Å². The van der Waals surface area contributed by atoms with Crippen LogP contribution in [-0.2, 0) is 9.53 Å². The molecule has 0 aromatic heterocycles. The molecular weight excluding hydrogens is 370 g/mol. The Morgan fingerprint density at radius 3 is 2.76 bits per heavy atom. The van der Waals surface area contributed by atoms with E-state index in [1.165, 1.54) is 0 Å². The zero-order chi connectivity index (χ0) is 20.2. The summed E-state index contributed by atoms with van der Waals surface area (Å²) in [5.74, 6) is 1.33. The average molecular weight is 402 g/mol. The Labute approximate surface area is 172 Å². The van der Waals surface area contributed by atoms with Gasteiger partial charge in [0.15, 0.2) is 0 Å². The van der Waals surface area contributed by atoms with E-state index < -0.39 is 0 Å². The number of morpholine rings is 1. The summed E-state index contributed by atoms with van der Waals surface area (Å²) >= 11 is 0. The first-order chi connectivity index (χ1) is 14.1. The summed E-state index contributed by atoms with van der Waals surface area (Å²) in [6.07, 6.45) is 3.09. The van der Waals surface area contributed by atoms with Crippen LogP contribution in [0, 0.1) is 5.92 Å². The molecule has 3 fully saturated rings. The van der Waals surface area contributed by atoms with E-state index >= 15 is 0 Å². The van der Waals surface area contributed by atoms with Gasteiger partial charge in [-0.2, -0.15) is 0 Å². The maximum absolute atomic E-state index is 12.9. The molecule has 1 aromatic rings. The number of carbonyl (C=O) groups is 2. The van der Waals surface area contributed by atoms with Gasteiger partial charge in [-0.15, -0.1) is 0 Å². The monoisotopic (exact) mass is 401 g/mol. The third-order valence-electron chi connectivity index (χ3n) is 6.03. The van der Waals surface area contributed by atoms with Crippen molar-refractivity contribution in [3.63, 3.8) is 0 Å². The molecular formula is C22H31N3O4. The van der Waals surface area contributed by atoms with Gasteiger partial charge < -0.3 is 19.3 Å². The van der Waals surface area contributed by atoms with Crippen molar-refractivity contribution in [3.05, 3.63) is 29.8 Å². The first-order valence-electron chi connectivity index (χ1n) is 10.7. The number of nitrogens with zero attached hydrogens (tertiary/aromatic N) is 3. The zero-order valence-electron chi connectivity index (χ0n) is 17.2. The number of hydrogen-bond acceptors (Lipinski definition) is 5. The zero-order valence-corrected chi connectivity index (χ0v) is 17.2. The van der Waals surface area contributed by atoms with Crippen LogP contribution in [0.1, 0.15) is 29.6 Å². The van der Waals surface area contributed by atoms with E-state index in [1.807, 2.05) is 28.0 Å². The molecule has 0 radical (unpaired) electrons. The Bertz CT molecular complexity index is 737. The normalized spacial score (nSPS) is 23.6. The van der Waals surface area contributed by atoms with Crippen LogP contribution in [0.25, 0.3) is 0 Å². The molecule has 1 aromatic carbocycles. The first kappa shape index (κ1) is 20.2. The second kappa shape index (κ2) is 9.13.